The van der Waals surface area contributed by atoms with Gasteiger partial charge >= 0.3 is 18.3 Å². The van der Waals surface area contributed by atoms with Crippen LogP contribution in [-0.2, 0) is 39.5 Å². The Bertz CT molecular complexity index is 1940. The summed E-state index contributed by atoms with van der Waals surface area (Å²) in [6.07, 6.45) is -7.44. The third kappa shape index (κ3) is 10.1. The first-order valence-electron chi connectivity index (χ1n) is 18.2. The van der Waals surface area contributed by atoms with Crippen molar-refractivity contribution in [2.45, 2.75) is 102 Å². The molecule has 1 aromatic heterocycles. The van der Waals surface area contributed by atoms with Gasteiger partial charge in [0.05, 0.1) is 29.7 Å². The molecule has 55 heavy (non-hydrogen) atoms. The zero-order chi connectivity index (χ0) is 40.2. The third-order valence-electron chi connectivity index (χ3n) is 10.4. The van der Waals surface area contributed by atoms with E-state index in [2.05, 4.69) is 5.32 Å². The molecular weight excluding hydrogens is 742 g/mol. The molecule has 0 spiro atoms. The van der Waals surface area contributed by atoms with E-state index < -0.39 is 76.6 Å². The first-order chi connectivity index (χ1) is 25.9. The Morgan fingerprint density at radius 2 is 1.60 bits per heavy atom. The van der Waals surface area contributed by atoms with Crippen LogP contribution in [0, 0.1) is 18.6 Å². The number of hydrogen-bond acceptors (Lipinski definition) is 5. The van der Waals surface area contributed by atoms with Crippen molar-refractivity contribution in [2.75, 3.05) is 26.7 Å². The van der Waals surface area contributed by atoms with E-state index in [1.54, 1.807) is 7.11 Å². The molecule has 5 rings (SSSR count). The van der Waals surface area contributed by atoms with Crippen molar-refractivity contribution >= 4 is 11.9 Å². The van der Waals surface area contributed by atoms with Crippen molar-refractivity contribution in [3.8, 4) is 11.1 Å². The monoisotopic (exact) mass is 785 g/mol. The zero-order valence-electron chi connectivity index (χ0n) is 30.4. The lowest BCUT2D eigenvalue weighted by atomic mass is 9.87. The maximum atomic E-state index is 16.0. The average Bonchev–Trinajstić information content (AvgIpc) is 3.06. The van der Waals surface area contributed by atoms with Gasteiger partial charge in [-0.25, -0.2) is 8.78 Å². The minimum absolute atomic E-state index is 0.0280. The lowest BCUT2D eigenvalue weighted by Crippen LogP contribution is -2.51. The molecule has 3 aromatic rings. The highest BCUT2D eigenvalue weighted by atomic mass is 19.4. The molecule has 1 amide bonds. The number of likely N-dealkylation sites (tertiary alicyclic amines) is 1. The van der Waals surface area contributed by atoms with Crippen LogP contribution in [0.1, 0.15) is 96.8 Å². The number of ether oxygens (including phenoxy) is 1. The number of nitrogens with zero attached hydrogens (tertiary/aromatic N) is 2. The summed E-state index contributed by atoms with van der Waals surface area (Å²) in [5.41, 5.74) is -4.50. The smallest absolute Gasteiger partial charge is 0.419 e. The molecule has 3 heterocycles. The number of carboxylic acids is 1. The van der Waals surface area contributed by atoms with Gasteiger partial charge in [-0.3, -0.25) is 19.3 Å². The van der Waals surface area contributed by atoms with E-state index in [1.807, 2.05) is 4.90 Å². The van der Waals surface area contributed by atoms with Gasteiger partial charge in [0.1, 0.15) is 17.7 Å². The number of methoxy groups -OCH3 is 1. The Balaban J connectivity index is 1.60. The van der Waals surface area contributed by atoms with E-state index in [-0.39, 0.29) is 60.5 Å². The Morgan fingerprint density at radius 1 is 0.927 bits per heavy atom. The van der Waals surface area contributed by atoms with E-state index >= 15 is 4.39 Å². The Kier molecular flexibility index (Phi) is 13.1. The molecule has 1 fully saturated rings. The maximum absolute atomic E-state index is 16.0. The Morgan fingerprint density at radius 3 is 2.25 bits per heavy atom. The van der Waals surface area contributed by atoms with E-state index in [0.717, 1.165) is 22.9 Å². The molecule has 0 unspecified atom stereocenters. The molecule has 300 valence electrons. The minimum Gasteiger partial charge on any atom is -0.481 e. The van der Waals surface area contributed by atoms with Gasteiger partial charge in [-0.15, -0.1) is 0 Å². The molecule has 16 heteroatoms. The SMILES string of the molecule is COC1CN(CCCc2cn([C@H]3CCCCCCCc4cc(F)cc(C)c4-c4cc(c(F)c(C(F)(F)F)c4)[C@H](CC(=O)O)NC3=O)c(=O)cc2C(F)(F)F)C1. The van der Waals surface area contributed by atoms with Crippen molar-refractivity contribution in [1.29, 1.82) is 0 Å². The number of rotatable bonds is 8. The number of carbonyl (C=O) groups is 2. The van der Waals surface area contributed by atoms with E-state index in [9.17, 15) is 50.2 Å². The van der Waals surface area contributed by atoms with Crippen LogP contribution >= 0.6 is 0 Å². The zero-order valence-corrected chi connectivity index (χ0v) is 30.4. The summed E-state index contributed by atoms with van der Waals surface area (Å²) in [5, 5.41) is 12.1. The fourth-order valence-corrected chi connectivity index (χ4v) is 7.58. The molecule has 2 aliphatic heterocycles. The van der Waals surface area contributed by atoms with Gasteiger partial charge in [0.15, 0.2) is 0 Å². The lowest BCUT2D eigenvalue weighted by molar-refractivity contribution is -0.140. The fourth-order valence-electron chi connectivity index (χ4n) is 7.58. The second-order valence-electron chi connectivity index (χ2n) is 14.3. The fraction of sp³-hybridized carbons (Fsp3) is 0.513. The van der Waals surface area contributed by atoms with Gasteiger partial charge in [-0.2, -0.15) is 26.3 Å². The summed E-state index contributed by atoms with van der Waals surface area (Å²) in [6.45, 7) is 3.15. The van der Waals surface area contributed by atoms with E-state index in [1.165, 1.54) is 13.0 Å². The van der Waals surface area contributed by atoms with Crippen LogP contribution in [0.5, 0.6) is 0 Å². The Hall–Kier alpha value is -4.31. The molecule has 0 saturated carbocycles. The molecule has 1 saturated heterocycles. The number of carboxylic acid groups (broad SMARTS) is 1. The first-order valence-corrected chi connectivity index (χ1v) is 18.2. The van der Waals surface area contributed by atoms with Crippen LogP contribution in [0.4, 0.5) is 35.1 Å². The highest BCUT2D eigenvalue weighted by Gasteiger charge is 2.39. The average molecular weight is 786 g/mol. The van der Waals surface area contributed by atoms with Gasteiger partial charge in [0.2, 0.25) is 5.91 Å². The second kappa shape index (κ2) is 17.2. The summed E-state index contributed by atoms with van der Waals surface area (Å²) in [5.74, 6) is -5.16. The van der Waals surface area contributed by atoms with E-state index in [4.69, 9.17) is 4.74 Å². The largest absolute Gasteiger partial charge is 0.481 e. The number of hydrogen-bond donors (Lipinski definition) is 2. The van der Waals surface area contributed by atoms with Gasteiger partial charge in [-0.1, -0.05) is 25.7 Å². The normalized spacial score (nSPS) is 19.4. The number of pyridine rings is 1. The Labute approximate surface area is 312 Å². The highest BCUT2D eigenvalue weighted by molar-refractivity contribution is 5.82. The summed E-state index contributed by atoms with van der Waals surface area (Å²) < 4.78 is 122. The highest BCUT2D eigenvalue weighted by Crippen LogP contribution is 2.41. The first kappa shape index (κ1) is 41.8. The number of halogens is 8. The summed E-state index contributed by atoms with van der Waals surface area (Å²) in [4.78, 5) is 41.6. The minimum atomic E-state index is -5.27. The van der Waals surface area contributed by atoms with Crippen LogP contribution in [0.15, 0.2) is 41.3 Å². The lowest BCUT2D eigenvalue weighted by Gasteiger charge is -2.38. The van der Waals surface area contributed by atoms with Gasteiger partial charge in [-0.05, 0) is 97.7 Å². The van der Waals surface area contributed by atoms with Crippen LogP contribution in [0.3, 0.4) is 0 Å². The molecule has 0 aliphatic carbocycles. The van der Waals surface area contributed by atoms with Crippen LogP contribution in [0.2, 0.25) is 0 Å². The quantitative estimate of drug-likeness (QED) is 0.224. The summed E-state index contributed by atoms with van der Waals surface area (Å²) in [6, 6.07) is 0.848. The molecule has 2 aromatic carbocycles. The van der Waals surface area contributed by atoms with Crippen molar-refractivity contribution in [3.63, 3.8) is 0 Å². The van der Waals surface area contributed by atoms with Crippen molar-refractivity contribution in [1.82, 2.24) is 14.8 Å². The van der Waals surface area contributed by atoms with Crippen LogP contribution < -0.4 is 10.9 Å². The number of aliphatic carboxylic acids is 1. The molecule has 2 N–H and O–H groups in total. The van der Waals surface area contributed by atoms with Gasteiger partial charge < -0.3 is 19.7 Å². The van der Waals surface area contributed by atoms with Crippen LogP contribution in [0.25, 0.3) is 11.1 Å². The molecule has 2 atom stereocenters. The molecule has 8 nitrogen and oxygen atoms in total. The summed E-state index contributed by atoms with van der Waals surface area (Å²) in [7, 11) is 1.56. The molecular formula is C39H43F8N3O5. The number of aromatic nitrogens is 1. The van der Waals surface area contributed by atoms with Gasteiger partial charge in [0, 0.05) is 38.0 Å². The standard InChI is InChI=1S/C39H43F8N3O5/c1-22-13-26(40)14-23-9-6-4-3-5-7-11-32(50-19-24(29(17-33(50)51)38(42,43)44)10-8-12-49-20-27(21-49)55-2)37(54)48-31(18-34(52)53)28-15-25(35(22)23)16-30(36(28)41)39(45,46)47/h13-17,19,27,31-32H,3-12,18,20-21H2,1-2H3,(H,48,54)(H,52,53)/t31-,32-/m0/s1. The number of alkyl halides is 6. The van der Waals surface area contributed by atoms with Crippen molar-refractivity contribution < 1.29 is 54.6 Å². The number of nitrogens with one attached hydrogen (secondary N) is 1. The number of fused-ring (bicyclic) bond motifs is 4. The second-order valence-corrected chi connectivity index (χ2v) is 14.3. The topological polar surface area (TPSA) is 101 Å². The maximum Gasteiger partial charge on any atom is 0.419 e. The molecule has 0 radical (unpaired) electrons. The molecule has 2 bridgehead atoms. The number of carbonyl (C=O) groups excluding carboxylic acids is 1. The summed E-state index contributed by atoms with van der Waals surface area (Å²) >= 11 is 0. The van der Waals surface area contributed by atoms with Crippen molar-refractivity contribution in [2.24, 2.45) is 0 Å². The van der Waals surface area contributed by atoms with Gasteiger partial charge in [0.25, 0.3) is 5.56 Å². The number of benzene rings is 2. The molecule has 2 aliphatic rings. The predicted octanol–water partition coefficient (Wildman–Crippen LogP) is 8.17. The van der Waals surface area contributed by atoms with Crippen LogP contribution in [-0.4, -0.2) is 59.3 Å². The number of aryl methyl sites for hydroxylation is 3. The predicted molar refractivity (Wildman–Crippen MR) is 186 cm³/mol. The number of amides is 1. The van der Waals surface area contributed by atoms with Crippen molar-refractivity contribution in [3.05, 3.63) is 91.9 Å². The third-order valence-corrected chi connectivity index (χ3v) is 10.4. The van der Waals surface area contributed by atoms with E-state index in [0.29, 0.717) is 63.0 Å².